The molecule has 2 N–H and O–H groups in total. The van der Waals surface area contributed by atoms with Crippen molar-refractivity contribution in [2.75, 3.05) is 26.9 Å². The Morgan fingerprint density at radius 3 is 2.50 bits per heavy atom. The molecule has 192 valence electrons. The maximum Gasteiger partial charge on any atom is 0.305 e. The van der Waals surface area contributed by atoms with Crippen molar-refractivity contribution in [3.63, 3.8) is 0 Å². The summed E-state index contributed by atoms with van der Waals surface area (Å²) >= 11 is 5.85. The molecule has 0 aromatic heterocycles. The van der Waals surface area contributed by atoms with Gasteiger partial charge in [0.15, 0.2) is 6.29 Å². The highest BCUT2D eigenvalue weighted by Crippen LogP contribution is 2.16. The van der Waals surface area contributed by atoms with Gasteiger partial charge in [-0.15, -0.1) is 0 Å². The molecule has 1 heterocycles. The molecule has 2 atom stereocenters. The smallest absolute Gasteiger partial charge is 0.305 e. The van der Waals surface area contributed by atoms with Gasteiger partial charge in [0, 0.05) is 24.6 Å². The number of hydrogen-bond donors (Lipinski definition) is 2. The highest BCUT2D eigenvalue weighted by atomic mass is 35.5. The van der Waals surface area contributed by atoms with Crippen LogP contribution in [0.1, 0.15) is 57.8 Å². The molecule has 0 radical (unpaired) electrons. The molecule has 0 spiro atoms. The van der Waals surface area contributed by atoms with Crippen molar-refractivity contribution in [1.82, 2.24) is 10.0 Å². The first-order valence-corrected chi connectivity index (χ1v) is 13.5. The first-order valence-electron chi connectivity index (χ1n) is 11.7. The third kappa shape index (κ3) is 10.7. The number of unbranched alkanes of at least 4 members (excludes halogenated alkanes) is 4. The number of benzene rings is 1. The average molecular weight is 519 g/mol. The topological polar surface area (TPSA) is 120 Å². The molecule has 0 saturated carbocycles. The van der Waals surface area contributed by atoms with E-state index < -0.39 is 28.3 Å². The van der Waals surface area contributed by atoms with E-state index in [2.05, 4.69) is 14.8 Å². The summed E-state index contributed by atoms with van der Waals surface area (Å²) in [6, 6.07) is 4.60. The summed E-state index contributed by atoms with van der Waals surface area (Å²) in [6.07, 6.45) is 6.81. The fourth-order valence-electron chi connectivity index (χ4n) is 3.44. The van der Waals surface area contributed by atoms with Crippen LogP contribution in [-0.4, -0.2) is 59.5 Å². The molecule has 1 fully saturated rings. The number of hydrogen-bond acceptors (Lipinski definition) is 7. The summed E-state index contributed by atoms with van der Waals surface area (Å²) in [6.45, 7) is 0.851. The molecule has 9 nitrogen and oxygen atoms in total. The van der Waals surface area contributed by atoms with Crippen molar-refractivity contribution < 1.29 is 32.2 Å². The van der Waals surface area contributed by atoms with E-state index in [1.54, 1.807) is 0 Å². The maximum absolute atomic E-state index is 12.8. The maximum atomic E-state index is 12.8. The molecule has 1 saturated heterocycles. The number of sulfonamides is 1. The van der Waals surface area contributed by atoms with Crippen molar-refractivity contribution in [2.45, 2.75) is 75.0 Å². The average Bonchev–Trinajstić information content (AvgIpc) is 2.83. The summed E-state index contributed by atoms with van der Waals surface area (Å²) in [4.78, 5) is 23.9. The number of methoxy groups -OCH3 is 1. The van der Waals surface area contributed by atoms with E-state index in [0.717, 1.165) is 44.9 Å². The fourth-order valence-corrected chi connectivity index (χ4v) is 4.75. The number of carbonyl (C=O) groups is 2. The highest BCUT2D eigenvalue weighted by Gasteiger charge is 2.27. The minimum Gasteiger partial charge on any atom is -0.469 e. The van der Waals surface area contributed by atoms with Gasteiger partial charge in [-0.1, -0.05) is 30.9 Å². The second-order valence-corrected chi connectivity index (χ2v) is 10.3. The number of esters is 1. The molecule has 11 heteroatoms. The van der Waals surface area contributed by atoms with E-state index in [9.17, 15) is 18.0 Å². The molecule has 1 aromatic carbocycles. The zero-order valence-electron chi connectivity index (χ0n) is 19.6. The van der Waals surface area contributed by atoms with Crippen molar-refractivity contribution >= 4 is 33.5 Å². The zero-order valence-corrected chi connectivity index (χ0v) is 21.2. The molecule has 0 bridgehead atoms. The molecule has 1 aliphatic rings. The van der Waals surface area contributed by atoms with Crippen LogP contribution in [0.5, 0.6) is 0 Å². The van der Waals surface area contributed by atoms with E-state index in [-0.39, 0.29) is 17.5 Å². The Morgan fingerprint density at radius 2 is 1.82 bits per heavy atom. The largest absolute Gasteiger partial charge is 0.469 e. The summed E-state index contributed by atoms with van der Waals surface area (Å²) in [5, 5.41) is 3.20. The number of halogens is 1. The number of rotatable bonds is 15. The van der Waals surface area contributed by atoms with Crippen LogP contribution in [0.3, 0.4) is 0 Å². The van der Waals surface area contributed by atoms with Crippen molar-refractivity contribution in [3.05, 3.63) is 29.3 Å². The van der Waals surface area contributed by atoms with Gasteiger partial charge in [-0.25, -0.2) is 8.42 Å². The quantitative estimate of drug-likeness (QED) is 0.270. The fraction of sp³-hybridized carbons (Fsp3) is 0.652. The minimum absolute atomic E-state index is 0.00979. The second-order valence-electron chi connectivity index (χ2n) is 8.14. The predicted octanol–water partition coefficient (Wildman–Crippen LogP) is 3.16. The number of amides is 1. The zero-order chi connectivity index (χ0) is 24.8. The van der Waals surface area contributed by atoms with Crippen LogP contribution in [0.2, 0.25) is 5.02 Å². The predicted molar refractivity (Wildman–Crippen MR) is 128 cm³/mol. The van der Waals surface area contributed by atoms with E-state index in [1.165, 1.54) is 31.4 Å². The second kappa shape index (κ2) is 15.3. The van der Waals surface area contributed by atoms with Crippen LogP contribution in [0.15, 0.2) is 29.2 Å². The molecule has 0 aliphatic carbocycles. The minimum atomic E-state index is -3.96. The van der Waals surface area contributed by atoms with Gasteiger partial charge < -0.3 is 19.5 Å². The van der Waals surface area contributed by atoms with Gasteiger partial charge in [0.25, 0.3) is 0 Å². The number of ether oxygens (including phenoxy) is 3. The lowest BCUT2D eigenvalue weighted by atomic mass is 10.1. The van der Waals surface area contributed by atoms with Crippen LogP contribution in [0, 0.1) is 0 Å². The lowest BCUT2D eigenvalue weighted by molar-refractivity contribution is -0.167. The third-order valence-electron chi connectivity index (χ3n) is 5.41. The number of nitrogens with one attached hydrogen (secondary N) is 2. The Morgan fingerprint density at radius 1 is 1.12 bits per heavy atom. The van der Waals surface area contributed by atoms with E-state index in [4.69, 9.17) is 21.1 Å². The van der Waals surface area contributed by atoms with Gasteiger partial charge in [0.1, 0.15) is 6.04 Å². The van der Waals surface area contributed by atoms with Gasteiger partial charge in [0.2, 0.25) is 15.9 Å². The Kier molecular flexibility index (Phi) is 12.8. The van der Waals surface area contributed by atoms with Crippen molar-refractivity contribution in [1.29, 1.82) is 0 Å². The molecular weight excluding hydrogens is 484 g/mol. The summed E-state index contributed by atoms with van der Waals surface area (Å²) < 4.78 is 43.9. The summed E-state index contributed by atoms with van der Waals surface area (Å²) in [5.41, 5.74) is 0. The van der Waals surface area contributed by atoms with Crippen LogP contribution in [-0.2, 0) is 33.8 Å². The van der Waals surface area contributed by atoms with Gasteiger partial charge >= 0.3 is 5.97 Å². The Balaban J connectivity index is 1.84. The van der Waals surface area contributed by atoms with Crippen LogP contribution in [0.4, 0.5) is 0 Å². The summed E-state index contributed by atoms with van der Waals surface area (Å²) in [7, 11) is -2.58. The van der Waals surface area contributed by atoms with E-state index in [1.807, 2.05) is 0 Å². The normalized spacial score (nSPS) is 17.2. The van der Waals surface area contributed by atoms with Crippen LogP contribution < -0.4 is 10.0 Å². The Bertz CT molecular complexity index is 859. The first kappa shape index (κ1) is 28.5. The third-order valence-corrected chi connectivity index (χ3v) is 7.15. The molecule has 1 amide bonds. The highest BCUT2D eigenvalue weighted by molar-refractivity contribution is 7.89. The standard InChI is InChI=1S/C23H35ClN2O7S/c1-31-21(27)9-5-3-2-4-7-15-25-23(28)20(17-33-22-10-6-8-16-32-22)26-34(29,30)19-13-11-18(24)12-14-19/h11-14,20,22,26H,2-10,15-17H2,1H3,(H,25,28)/t20-,22?/m0/s1. The Hall–Kier alpha value is -1.72. The van der Waals surface area contributed by atoms with Crippen molar-refractivity contribution in [2.24, 2.45) is 0 Å². The van der Waals surface area contributed by atoms with Gasteiger partial charge in [-0.2, -0.15) is 4.72 Å². The molecule has 1 aromatic rings. The first-order chi connectivity index (χ1) is 16.3. The molecular formula is C23H35ClN2O7S. The SMILES string of the molecule is COC(=O)CCCCCCCNC(=O)[C@H](COC1CCCCO1)NS(=O)(=O)c1ccc(Cl)cc1. The van der Waals surface area contributed by atoms with E-state index >= 15 is 0 Å². The lowest BCUT2D eigenvalue weighted by Crippen LogP contribution is -2.50. The van der Waals surface area contributed by atoms with Crippen molar-refractivity contribution in [3.8, 4) is 0 Å². The Labute approximate surface area is 206 Å². The van der Waals surface area contributed by atoms with Gasteiger partial charge in [0.05, 0.1) is 18.6 Å². The van der Waals surface area contributed by atoms with E-state index in [0.29, 0.717) is 31.0 Å². The lowest BCUT2D eigenvalue weighted by Gasteiger charge is -2.25. The van der Waals surface area contributed by atoms with Gasteiger partial charge in [-0.3, -0.25) is 9.59 Å². The molecule has 1 unspecified atom stereocenters. The molecule has 2 rings (SSSR count). The number of carbonyl (C=O) groups excluding carboxylic acids is 2. The molecule has 1 aliphatic heterocycles. The van der Waals surface area contributed by atoms with Gasteiger partial charge in [-0.05, 0) is 56.4 Å². The van der Waals surface area contributed by atoms with Crippen LogP contribution >= 0.6 is 11.6 Å². The van der Waals surface area contributed by atoms with Crippen LogP contribution in [0.25, 0.3) is 0 Å². The summed E-state index contributed by atoms with van der Waals surface area (Å²) in [5.74, 6) is -0.667. The molecule has 34 heavy (non-hydrogen) atoms. The monoisotopic (exact) mass is 518 g/mol.